The number of hydrogen-bond acceptors (Lipinski definition) is 5. The number of thiocarbonyl (C=S) groups is 1. The Morgan fingerprint density at radius 2 is 1.53 bits per heavy atom. The molecule has 0 bridgehead atoms. The molecule has 0 radical (unpaired) electrons. The Morgan fingerprint density at radius 1 is 0.816 bits per heavy atom. The van der Waals surface area contributed by atoms with E-state index >= 15 is 0 Å². The number of nitrogens with one attached hydrogen (secondary N) is 4. The fourth-order valence-corrected chi connectivity index (χ4v) is 3.91. The van der Waals surface area contributed by atoms with Gasteiger partial charge in [0.05, 0.1) is 12.2 Å². The summed E-state index contributed by atoms with van der Waals surface area (Å²) in [6, 6.07) is 20.3. The highest BCUT2D eigenvalue weighted by molar-refractivity contribution is 9.10. The second-order valence-electron chi connectivity index (χ2n) is 8.31. The molecule has 3 aromatic carbocycles. The van der Waals surface area contributed by atoms with E-state index in [2.05, 4.69) is 44.3 Å². The summed E-state index contributed by atoms with van der Waals surface area (Å²) >= 11 is 8.54. The van der Waals surface area contributed by atoms with E-state index in [4.69, 9.17) is 17.0 Å². The van der Waals surface area contributed by atoms with E-state index in [1.54, 1.807) is 66.7 Å². The molecule has 0 aliphatic carbocycles. The average molecular weight is 598 g/mol. The lowest BCUT2D eigenvalue weighted by atomic mass is 10.1. The smallest absolute Gasteiger partial charge is 0.269 e. The molecule has 0 aliphatic heterocycles. The summed E-state index contributed by atoms with van der Waals surface area (Å²) in [4.78, 5) is 37.6. The van der Waals surface area contributed by atoms with Crippen LogP contribution in [0.4, 0.5) is 5.69 Å². The number of halogens is 1. The van der Waals surface area contributed by atoms with Crippen molar-refractivity contribution in [1.29, 1.82) is 0 Å². The van der Waals surface area contributed by atoms with E-state index in [1.165, 1.54) is 0 Å². The van der Waals surface area contributed by atoms with E-state index in [1.807, 2.05) is 6.07 Å². The molecule has 3 amide bonds. The number of benzene rings is 3. The Hall–Kier alpha value is -3.76. The van der Waals surface area contributed by atoms with Crippen LogP contribution in [0.15, 0.2) is 77.3 Å². The van der Waals surface area contributed by atoms with E-state index in [-0.39, 0.29) is 11.0 Å². The van der Waals surface area contributed by atoms with Crippen molar-refractivity contribution in [2.45, 2.75) is 32.6 Å². The molecule has 3 rings (SSSR count). The number of anilines is 1. The Bertz CT molecular complexity index is 1270. The number of carbonyl (C=O) groups is 3. The first-order valence-corrected chi connectivity index (χ1v) is 13.4. The molecule has 0 heterocycles. The van der Waals surface area contributed by atoms with E-state index < -0.39 is 11.8 Å². The lowest BCUT2D eigenvalue weighted by molar-refractivity contribution is 0.0933. The molecular formula is C28H29BrN4O4S. The normalized spacial score (nSPS) is 10.3. The van der Waals surface area contributed by atoms with Crippen molar-refractivity contribution in [2.75, 3.05) is 11.9 Å². The maximum atomic E-state index is 12.8. The molecule has 0 aromatic heterocycles. The molecule has 3 aromatic rings. The molecule has 0 fully saturated rings. The van der Waals surface area contributed by atoms with Crippen LogP contribution in [-0.2, 0) is 0 Å². The van der Waals surface area contributed by atoms with Crippen molar-refractivity contribution in [3.8, 4) is 5.75 Å². The molecule has 0 spiro atoms. The van der Waals surface area contributed by atoms with Gasteiger partial charge in [0, 0.05) is 21.3 Å². The Balaban J connectivity index is 1.49. The van der Waals surface area contributed by atoms with Gasteiger partial charge in [0.2, 0.25) is 0 Å². The zero-order chi connectivity index (χ0) is 27.3. The number of unbranched alkanes of at least 4 members (excludes halogenated alkanes) is 3. The first-order valence-electron chi connectivity index (χ1n) is 12.2. The van der Waals surface area contributed by atoms with Crippen LogP contribution in [0, 0.1) is 0 Å². The second-order valence-corrected chi connectivity index (χ2v) is 9.63. The van der Waals surface area contributed by atoms with Crippen LogP contribution in [0.5, 0.6) is 5.75 Å². The summed E-state index contributed by atoms with van der Waals surface area (Å²) in [5, 5.41) is 5.24. The molecular weight excluding hydrogens is 568 g/mol. The Kier molecular flexibility index (Phi) is 11.3. The summed E-state index contributed by atoms with van der Waals surface area (Å²) in [5.74, 6) is -0.740. The van der Waals surface area contributed by atoms with E-state index in [0.717, 1.165) is 30.2 Å². The van der Waals surface area contributed by atoms with Gasteiger partial charge in [-0.2, -0.15) is 0 Å². The average Bonchev–Trinajstić information content (AvgIpc) is 2.93. The largest absolute Gasteiger partial charge is 0.493 e. The molecule has 0 saturated heterocycles. The molecule has 198 valence electrons. The highest BCUT2D eigenvalue weighted by atomic mass is 79.9. The van der Waals surface area contributed by atoms with Gasteiger partial charge in [0.25, 0.3) is 17.7 Å². The van der Waals surface area contributed by atoms with Gasteiger partial charge in [-0.05, 0) is 73.2 Å². The molecule has 0 saturated carbocycles. The van der Waals surface area contributed by atoms with Gasteiger partial charge in [-0.3, -0.25) is 30.6 Å². The summed E-state index contributed by atoms with van der Waals surface area (Å²) in [6.45, 7) is 2.65. The van der Waals surface area contributed by atoms with E-state index in [0.29, 0.717) is 34.7 Å². The van der Waals surface area contributed by atoms with Crippen LogP contribution in [0.25, 0.3) is 0 Å². The predicted molar refractivity (Wildman–Crippen MR) is 155 cm³/mol. The van der Waals surface area contributed by atoms with Crippen molar-refractivity contribution in [3.63, 3.8) is 0 Å². The standard InChI is InChI=1S/C28H29BrN4O4S/c1-2-3-4-8-17-37-24-16-13-21(29)18-23(24)27(36)31-28(38)33-32-26(35)20-11-14-22(15-12-20)30-25(34)19-9-6-5-7-10-19/h5-7,9-16,18H,2-4,8,17H2,1H3,(H,30,34)(H,32,35)(H2,31,33,36,38). The summed E-state index contributed by atoms with van der Waals surface area (Å²) in [7, 11) is 0. The van der Waals surface area contributed by atoms with Crippen LogP contribution < -0.4 is 26.2 Å². The summed E-state index contributed by atoms with van der Waals surface area (Å²) in [6.07, 6.45) is 4.23. The van der Waals surface area contributed by atoms with E-state index in [9.17, 15) is 14.4 Å². The third-order valence-corrected chi connectivity index (χ3v) is 6.10. The van der Waals surface area contributed by atoms with Crippen LogP contribution in [-0.4, -0.2) is 29.4 Å². The van der Waals surface area contributed by atoms with Crippen LogP contribution in [0.1, 0.15) is 63.7 Å². The Labute approximate surface area is 235 Å². The summed E-state index contributed by atoms with van der Waals surface area (Å²) < 4.78 is 6.53. The highest BCUT2D eigenvalue weighted by Crippen LogP contribution is 2.23. The van der Waals surface area contributed by atoms with Crippen LogP contribution in [0.3, 0.4) is 0 Å². The number of amides is 3. The van der Waals surface area contributed by atoms with Crippen molar-refractivity contribution in [3.05, 3.63) is 94.0 Å². The SMILES string of the molecule is CCCCCCOc1ccc(Br)cc1C(=O)NC(=S)NNC(=O)c1ccc(NC(=O)c2ccccc2)cc1. The van der Waals surface area contributed by atoms with Gasteiger partial charge in [-0.25, -0.2) is 0 Å². The molecule has 10 heteroatoms. The molecule has 0 unspecified atom stereocenters. The first kappa shape index (κ1) is 28.8. The predicted octanol–water partition coefficient (Wildman–Crippen LogP) is 5.61. The lowest BCUT2D eigenvalue weighted by Gasteiger charge is -2.14. The minimum absolute atomic E-state index is 0.0797. The number of ether oxygens (including phenoxy) is 1. The summed E-state index contributed by atoms with van der Waals surface area (Å²) in [5.41, 5.74) is 6.70. The van der Waals surface area contributed by atoms with Crippen LogP contribution >= 0.6 is 28.1 Å². The van der Waals surface area contributed by atoms with Crippen molar-refractivity contribution < 1.29 is 19.1 Å². The van der Waals surface area contributed by atoms with Gasteiger partial charge in [0.1, 0.15) is 5.75 Å². The Morgan fingerprint density at radius 3 is 2.24 bits per heavy atom. The van der Waals surface area contributed by atoms with Gasteiger partial charge >= 0.3 is 0 Å². The first-order chi connectivity index (χ1) is 18.4. The zero-order valence-electron chi connectivity index (χ0n) is 20.9. The zero-order valence-corrected chi connectivity index (χ0v) is 23.3. The quantitative estimate of drug-likeness (QED) is 0.138. The molecule has 0 aliphatic rings. The third-order valence-electron chi connectivity index (χ3n) is 5.40. The molecule has 8 nitrogen and oxygen atoms in total. The van der Waals surface area contributed by atoms with Crippen molar-refractivity contribution >= 4 is 56.7 Å². The maximum absolute atomic E-state index is 12.8. The molecule has 4 N–H and O–H groups in total. The number of hydrazine groups is 1. The molecule has 0 atom stereocenters. The fourth-order valence-electron chi connectivity index (χ4n) is 3.40. The second kappa shape index (κ2) is 14.8. The number of rotatable bonds is 10. The fraction of sp³-hybridized carbons (Fsp3) is 0.214. The topological polar surface area (TPSA) is 109 Å². The monoisotopic (exact) mass is 596 g/mol. The van der Waals surface area contributed by atoms with Gasteiger partial charge in [-0.15, -0.1) is 0 Å². The van der Waals surface area contributed by atoms with Gasteiger partial charge in [0.15, 0.2) is 5.11 Å². The number of carbonyl (C=O) groups excluding carboxylic acids is 3. The maximum Gasteiger partial charge on any atom is 0.269 e. The minimum Gasteiger partial charge on any atom is -0.493 e. The van der Waals surface area contributed by atoms with Crippen molar-refractivity contribution in [1.82, 2.24) is 16.2 Å². The van der Waals surface area contributed by atoms with Crippen LogP contribution in [0.2, 0.25) is 0 Å². The van der Waals surface area contributed by atoms with Crippen molar-refractivity contribution in [2.24, 2.45) is 0 Å². The number of hydrogen-bond donors (Lipinski definition) is 4. The third kappa shape index (κ3) is 8.97. The van der Waals surface area contributed by atoms with Gasteiger partial charge < -0.3 is 10.1 Å². The van der Waals surface area contributed by atoms with Gasteiger partial charge in [-0.1, -0.05) is 60.3 Å². The minimum atomic E-state index is -0.472. The molecule has 38 heavy (non-hydrogen) atoms. The lowest BCUT2D eigenvalue weighted by Crippen LogP contribution is -2.48. The highest BCUT2D eigenvalue weighted by Gasteiger charge is 2.16.